The van der Waals surface area contributed by atoms with Gasteiger partial charge in [0.2, 0.25) is 0 Å². The second-order valence-corrected chi connectivity index (χ2v) is 9.14. The highest BCUT2D eigenvalue weighted by molar-refractivity contribution is 7.91. The van der Waals surface area contributed by atoms with Crippen molar-refractivity contribution in [2.45, 2.75) is 25.7 Å². The van der Waals surface area contributed by atoms with Crippen LogP contribution in [0.25, 0.3) is 0 Å². The molecule has 1 aliphatic heterocycles. The van der Waals surface area contributed by atoms with Crippen LogP contribution in [-0.4, -0.2) is 51.2 Å². The summed E-state index contributed by atoms with van der Waals surface area (Å²) in [5.41, 5.74) is 4.00. The maximum atomic E-state index is 13.0. The van der Waals surface area contributed by atoms with E-state index in [1.165, 1.54) is 22.9 Å². The number of benzene rings is 2. The third-order valence-electron chi connectivity index (χ3n) is 5.32. The normalized spacial score (nSPS) is 15.1. The molecule has 27 heavy (non-hydrogen) atoms. The van der Waals surface area contributed by atoms with E-state index in [2.05, 4.69) is 36.9 Å². The Morgan fingerprint density at radius 3 is 2.30 bits per heavy atom. The van der Waals surface area contributed by atoms with E-state index in [0.717, 1.165) is 13.1 Å². The van der Waals surface area contributed by atoms with Crippen LogP contribution in [0, 0.1) is 13.8 Å². The SMILES string of the molecule is CCS(=O)(=O)c1ccccc1C(=O)N1CCN(c2cccc(C)c2C)CC1. The van der Waals surface area contributed by atoms with Gasteiger partial charge in [0.05, 0.1) is 16.2 Å². The van der Waals surface area contributed by atoms with Crippen molar-refractivity contribution in [2.75, 3.05) is 36.8 Å². The van der Waals surface area contributed by atoms with Gasteiger partial charge in [-0.15, -0.1) is 0 Å². The van der Waals surface area contributed by atoms with E-state index in [-0.39, 0.29) is 22.1 Å². The molecule has 5 nitrogen and oxygen atoms in total. The van der Waals surface area contributed by atoms with Crippen LogP contribution >= 0.6 is 0 Å². The highest BCUT2D eigenvalue weighted by Crippen LogP contribution is 2.25. The van der Waals surface area contributed by atoms with Crippen LogP contribution in [0.2, 0.25) is 0 Å². The number of hydrogen-bond donors (Lipinski definition) is 0. The fourth-order valence-corrected chi connectivity index (χ4v) is 4.56. The minimum atomic E-state index is -3.43. The fourth-order valence-electron chi connectivity index (χ4n) is 3.47. The molecule has 0 aromatic heterocycles. The van der Waals surface area contributed by atoms with Crippen molar-refractivity contribution >= 4 is 21.4 Å². The lowest BCUT2D eigenvalue weighted by atomic mass is 10.1. The van der Waals surface area contributed by atoms with Crippen molar-refractivity contribution in [1.29, 1.82) is 0 Å². The zero-order valence-electron chi connectivity index (χ0n) is 16.1. The molecule has 144 valence electrons. The maximum Gasteiger partial charge on any atom is 0.255 e. The van der Waals surface area contributed by atoms with Crippen molar-refractivity contribution in [2.24, 2.45) is 0 Å². The quantitative estimate of drug-likeness (QED) is 0.810. The Labute approximate surface area is 161 Å². The second-order valence-electron chi connectivity index (χ2n) is 6.90. The molecule has 2 aromatic carbocycles. The third kappa shape index (κ3) is 3.86. The van der Waals surface area contributed by atoms with Gasteiger partial charge in [-0.3, -0.25) is 4.79 Å². The summed E-state index contributed by atoms with van der Waals surface area (Å²) in [5, 5.41) is 0. The molecule has 0 unspecified atom stereocenters. The van der Waals surface area contributed by atoms with E-state index in [1.54, 1.807) is 30.0 Å². The Kier molecular flexibility index (Phi) is 5.56. The average molecular weight is 387 g/mol. The molecule has 1 aliphatic rings. The Morgan fingerprint density at radius 1 is 0.963 bits per heavy atom. The monoisotopic (exact) mass is 386 g/mol. The van der Waals surface area contributed by atoms with E-state index < -0.39 is 9.84 Å². The molecule has 0 bridgehead atoms. The Hall–Kier alpha value is -2.34. The average Bonchev–Trinajstić information content (AvgIpc) is 2.69. The van der Waals surface area contributed by atoms with Crippen molar-refractivity contribution in [3.05, 3.63) is 59.2 Å². The van der Waals surface area contributed by atoms with Gasteiger partial charge in [-0.25, -0.2) is 8.42 Å². The zero-order valence-corrected chi connectivity index (χ0v) is 16.9. The van der Waals surface area contributed by atoms with Crippen LogP contribution < -0.4 is 4.90 Å². The molecule has 1 fully saturated rings. The van der Waals surface area contributed by atoms with Crippen molar-refractivity contribution in [1.82, 2.24) is 4.90 Å². The lowest BCUT2D eigenvalue weighted by Gasteiger charge is -2.37. The molecule has 0 radical (unpaired) electrons. The van der Waals surface area contributed by atoms with Gasteiger partial charge < -0.3 is 9.80 Å². The van der Waals surface area contributed by atoms with E-state index in [1.807, 2.05) is 0 Å². The van der Waals surface area contributed by atoms with Gasteiger partial charge in [0.15, 0.2) is 9.84 Å². The van der Waals surface area contributed by atoms with Crippen molar-refractivity contribution in [3.8, 4) is 0 Å². The zero-order chi connectivity index (χ0) is 19.6. The predicted molar refractivity (Wildman–Crippen MR) is 108 cm³/mol. The molecule has 6 heteroatoms. The number of sulfone groups is 1. The minimum absolute atomic E-state index is 0.0162. The van der Waals surface area contributed by atoms with Gasteiger partial charge >= 0.3 is 0 Å². The summed E-state index contributed by atoms with van der Waals surface area (Å²) in [6, 6.07) is 12.8. The maximum absolute atomic E-state index is 13.0. The molecule has 0 spiro atoms. The Bertz CT molecular complexity index is 946. The summed E-state index contributed by atoms with van der Waals surface area (Å²) >= 11 is 0. The number of carbonyl (C=O) groups excluding carboxylic acids is 1. The van der Waals surface area contributed by atoms with Crippen molar-refractivity contribution in [3.63, 3.8) is 0 Å². The Balaban J connectivity index is 1.78. The molecule has 1 amide bonds. The van der Waals surface area contributed by atoms with E-state index >= 15 is 0 Å². The molecule has 3 rings (SSSR count). The number of anilines is 1. The first-order chi connectivity index (χ1) is 12.8. The fraction of sp³-hybridized carbons (Fsp3) is 0.381. The summed E-state index contributed by atoms with van der Waals surface area (Å²) in [6.45, 7) is 8.44. The summed E-state index contributed by atoms with van der Waals surface area (Å²) in [6.07, 6.45) is 0. The smallest absolute Gasteiger partial charge is 0.255 e. The van der Waals surface area contributed by atoms with Gasteiger partial charge in [-0.2, -0.15) is 0 Å². The molecular weight excluding hydrogens is 360 g/mol. The molecule has 1 heterocycles. The van der Waals surface area contributed by atoms with E-state index in [4.69, 9.17) is 0 Å². The number of carbonyl (C=O) groups is 1. The number of piperazine rings is 1. The molecule has 0 N–H and O–H groups in total. The Morgan fingerprint density at radius 2 is 1.63 bits per heavy atom. The van der Waals surface area contributed by atoms with Gasteiger partial charge in [-0.1, -0.05) is 31.2 Å². The number of rotatable bonds is 4. The standard InChI is InChI=1S/C21H26N2O3S/c1-4-27(25,26)20-11-6-5-9-18(20)21(24)23-14-12-22(13-15-23)19-10-7-8-16(2)17(19)3/h5-11H,4,12-15H2,1-3H3. The van der Waals surface area contributed by atoms with Crippen LogP contribution in [0.4, 0.5) is 5.69 Å². The summed E-state index contributed by atoms with van der Waals surface area (Å²) in [7, 11) is -3.43. The van der Waals surface area contributed by atoms with Crippen LogP contribution in [0.3, 0.4) is 0 Å². The van der Waals surface area contributed by atoms with E-state index in [0.29, 0.717) is 13.1 Å². The van der Waals surface area contributed by atoms with Gasteiger partial charge in [-0.05, 0) is 43.2 Å². The number of aryl methyl sites for hydroxylation is 1. The molecule has 0 aliphatic carbocycles. The second kappa shape index (κ2) is 7.72. The van der Waals surface area contributed by atoms with Gasteiger partial charge in [0.25, 0.3) is 5.91 Å². The minimum Gasteiger partial charge on any atom is -0.368 e. The highest BCUT2D eigenvalue weighted by Gasteiger charge is 2.27. The first kappa shape index (κ1) is 19.4. The largest absolute Gasteiger partial charge is 0.368 e. The summed E-state index contributed by atoms with van der Waals surface area (Å²) < 4.78 is 24.7. The molecule has 0 atom stereocenters. The van der Waals surface area contributed by atoms with Gasteiger partial charge in [0, 0.05) is 31.9 Å². The van der Waals surface area contributed by atoms with Gasteiger partial charge in [0.1, 0.15) is 0 Å². The van der Waals surface area contributed by atoms with Crippen LogP contribution in [0.1, 0.15) is 28.4 Å². The lowest BCUT2D eigenvalue weighted by molar-refractivity contribution is 0.0743. The topological polar surface area (TPSA) is 57.7 Å². The first-order valence-corrected chi connectivity index (χ1v) is 10.9. The first-order valence-electron chi connectivity index (χ1n) is 9.27. The molecular formula is C21H26N2O3S. The number of nitrogens with zero attached hydrogens (tertiary/aromatic N) is 2. The molecule has 1 saturated heterocycles. The number of amides is 1. The van der Waals surface area contributed by atoms with Crippen LogP contribution in [0.5, 0.6) is 0 Å². The molecule has 2 aromatic rings. The third-order valence-corrected chi connectivity index (χ3v) is 7.10. The summed E-state index contributed by atoms with van der Waals surface area (Å²) in [4.78, 5) is 17.2. The summed E-state index contributed by atoms with van der Waals surface area (Å²) in [5.74, 6) is -0.221. The molecule has 0 saturated carbocycles. The van der Waals surface area contributed by atoms with Crippen molar-refractivity contribution < 1.29 is 13.2 Å². The lowest BCUT2D eigenvalue weighted by Crippen LogP contribution is -2.49. The highest BCUT2D eigenvalue weighted by atomic mass is 32.2. The van der Waals surface area contributed by atoms with Crippen LogP contribution in [0.15, 0.2) is 47.4 Å². The predicted octanol–water partition coefficient (Wildman–Crippen LogP) is 3.06. The number of hydrogen-bond acceptors (Lipinski definition) is 4. The van der Waals surface area contributed by atoms with Crippen LogP contribution in [-0.2, 0) is 9.84 Å². The van der Waals surface area contributed by atoms with E-state index in [9.17, 15) is 13.2 Å².